The van der Waals surface area contributed by atoms with Crippen molar-refractivity contribution >= 4 is 11.6 Å². The van der Waals surface area contributed by atoms with Gasteiger partial charge in [-0.1, -0.05) is 19.1 Å². The highest BCUT2D eigenvalue weighted by molar-refractivity contribution is 5.51. The number of rotatable bonds is 6. The Morgan fingerprint density at radius 1 is 1.04 bits per heavy atom. The number of ether oxygens (including phenoxy) is 1. The Bertz CT molecular complexity index is 815. The molecule has 5 heteroatoms. The SMILES string of the molecule is CCc1ccc(OCc2ccnc(Nc3ccccn3)c2)cc1F.[HH]. The van der Waals surface area contributed by atoms with Crippen molar-refractivity contribution in [2.45, 2.75) is 20.0 Å². The Balaban J connectivity index is 0.00000225. The first kappa shape index (κ1) is 15.9. The minimum absolute atomic E-state index is 0. The Morgan fingerprint density at radius 2 is 1.92 bits per heavy atom. The molecule has 0 amide bonds. The lowest BCUT2D eigenvalue weighted by atomic mass is 10.1. The second-order valence-corrected chi connectivity index (χ2v) is 5.28. The van der Waals surface area contributed by atoms with Crippen LogP contribution < -0.4 is 10.1 Å². The minimum Gasteiger partial charge on any atom is -0.489 e. The molecule has 1 aromatic carbocycles. The first-order chi connectivity index (χ1) is 11.7. The molecule has 3 rings (SSSR count). The molecule has 0 fully saturated rings. The van der Waals surface area contributed by atoms with Crippen LogP contribution in [0.3, 0.4) is 0 Å². The molecule has 24 heavy (non-hydrogen) atoms. The molecular weight excluding hydrogens is 305 g/mol. The number of aryl methyl sites for hydroxylation is 1. The van der Waals surface area contributed by atoms with Gasteiger partial charge in [-0.15, -0.1) is 0 Å². The number of nitrogens with zero attached hydrogens (tertiary/aromatic N) is 2. The van der Waals surface area contributed by atoms with Crippen LogP contribution in [0.5, 0.6) is 5.75 Å². The second kappa shape index (κ2) is 7.55. The van der Waals surface area contributed by atoms with E-state index in [0.29, 0.717) is 30.2 Å². The molecule has 4 nitrogen and oxygen atoms in total. The Kier molecular flexibility index (Phi) is 5.01. The molecule has 0 saturated heterocycles. The van der Waals surface area contributed by atoms with Crippen LogP contribution in [0.2, 0.25) is 0 Å². The summed E-state index contributed by atoms with van der Waals surface area (Å²) in [5.74, 6) is 1.69. The van der Waals surface area contributed by atoms with Crippen LogP contribution in [-0.2, 0) is 13.0 Å². The van der Waals surface area contributed by atoms with Crippen molar-refractivity contribution in [3.63, 3.8) is 0 Å². The molecule has 2 aromatic heterocycles. The van der Waals surface area contributed by atoms with E-state index in [9.17, 15) is 4.39 Å². The summed E-state index contributed by atoms with van der Waals surface area (Å²) in [4.78, 5) is 8.46. The van der Waals surface area contributed by atoms with Crippen LogP contribution in [0.15, 0.2) is 60.9 Å². The predicted molar refractivity (Wildman–Crippen MR) is 94.0 cm³/mol. The van der Waals surface area contributed by atoms with Crippen LogP contribution >= 0.6 is 0 Å². The standard InChI is InChI=1S/C19H18FN3O.H2/c1-2-15-6-7-16(12-17(15)20)24-13-14-8-10-22-19(11-14)23-18-5-3-4-9-21-18;/h3-12H,2,13H2,1H3,(H,21,22,23);1H. The summed E-state index contributed by atoms with van der Waals surface area (Å²) < 4.78 is 19.4. The average Bonchev–Trinajstić information content (AvgIpc) is 2.61. The second-order valence-electron chi connectivity index (χ2n) is 5.28. The smallest absolute Gasteiger partial charge is 0.131 e. The van der Waals surface area contributed by atoms with Gasteiger partial charge in [0.15, 0.2) is 0 Å². The van der Waals surface area contributed by atoms with E-state index in [4.69, 9.17) is 4.74 Å². The number of hydrogen-bond acceptors (Lipinski definition) is 4. The molecule has 0 aliphatic heterocycles. The maximum atomic E-state index is 13.8. The van der Waals surface area contributed by atoms with Crippen molar-refractivity contribution in [2.24, 2.45) is 0 Å². The topological polar surface area (TPSA) is 47.0 Å². The van der Waals surface area contributed by atoms with E-state index >= 15 is 0 Å². The van der Waals surface area contributed by atoms with Gasteiger partial charge < -0.3 is 10.1 Å². The van der Waals surface area contributed by atoms with Gasteiger partial charge in [0, 0.05) is 19.9 Å². The van der Waals surface area contributed by atoms with Gasteiger partial charge in [-0.05, 0) is 47.9 Å². The zero-order chi connectivity index (χ0) is 16.8. The third kappa shape index (κ3) is 4.07. The Hall–Kier alpha value is -2.95. The van der Waals surface area contributed by atoms with E-state index in [1.54, 1.807) is 24.5 Å². The molecule has 3 aromatic rings. The first-order valence-electron chi connectivity index (χ1n) is 7.79. The van der Waals surface area contributed by atoms with Gasteiger partial charge in [0.1, 0.15) is 29.8 Å². The summed E-state index contributed by atoms with van der Waals surface area (Å²) in [6.07, 6.45) is 4.08. The maximum Gasteiger partial charge on any atom is 0.131 e. The highest BCUT2D eigenvalue weighted by Crippen LogP contribution is 2.19. The predicted octanol–water partition coefficient (Wildman–Crippen LogP) is 4.75. The van der Waals surface area contributed by atoms with E-state index in [-0.39, 0.29) is 7.24 Å². The van der Waals surface area contributed by atoms with Crippen LogP contribution in [0.25, 0.3) is 0 Å². The zero-order valence-electron chi connectivity index (χ0n) is 13.4. The summed E-state index contributed by atoms with van der Waals surface area (Å²) in [6.45, 7) is 2.26. The summed E-state index contributed by atoms with van der Waals surface area (Å²) >= 11 is 0. The van der Waals surface area contributed by atoms with Gasteiger partial charge in [-0.2, -0.15) is 0 Å². The molecule has 0 aliphatic rings. The number of hydrogen-bond donors (Lipinski definition) is 1. The summed E-state index contributed by atoms with van der Waals surface area (Å²) in [5.41, 5.74) is 1.62. The summed E-state index contributed by atoms with van der Waals surface area (Å²) in [6, 6.07) is 14.3. The highest BCUT2D eigenvalue weighted by atomic mass is 19.1. The van der Waals surface area contributed by atoms with Crippen molar-refractivity contribution in [3.05, 3.63) is 77.9 Å². The van der Waals surface area contributed by atoms with Crippen LogP contribution in [-0.4, -0.2) is 9.97 Å². The molecular formula is C19H20FN3O. The molecule has 0 bridgehead atoms. The van der Waals surface area contributed by atoms with Gasteiger partial charge in [0.25, 0.3) is 0 Å². The molecule has 0 aliphatic carbocycles. The Labute approximate surface area is 141 Å². The lowest BCUT2D eigenvalue weighted by Gasteiger charge is -2.09. The molecule has 2 heterocycles. The van der Waals surface area contributed by atoms with E-state index in [1.165, 1.54) is 6.07 Å². The quantitative estimate of drug-likeness (QED) is 0.710. The van der Waals surface area contributed by atoms with Crippen molar-refractivity contribution in [1.29, 1.82) is 0 Å². The monoisotopic (exact) mass is 325 g/mol. The van der Waals surface area contributed by atoms with Gasteiger partial charge in [-0.25, -0.2) is 14.4 Å². The molecule has 0 atom stereocenters. The normalized spacial score (nSPS) is 10.4. The van der Waals surface area contributed by atoms with E-state index in [2.05, 4.69) is 15.3 Å². The average molecular weight is 325 g/mol. The number of aromatic nitrogens is 2. The van der Waals surface area contributed by atoms with Gasteiger partial charge in [-0.3, -0.25) is 0 Å². The third-order valence-electron chi connectivity index (χ3n) is 3.56. The van der Waals surface area contributed by atoms with Crippen molar-refractivity contribution in [3.8, 4) is 5.75 Å². The van der Waals surface area contributed by atoms with Gasteiger partial charge in [0.2, 0.25) is 0 Å². The van der Waals surface area contributed by atoms with Gasteiger partial charge in [0.05, 0.1) is 0 Å². The van der Waals surface area contributed by atoms with Crippen molar-refractivity contribution in [1.82, 2.24) is 9.97 Å². The van der Waals surface area contributed by atoms with Crippen LogP contribution in [0.4, 0.5) is 16.0 Å². The number of halogens is 1. The lowest BCUT2D eigenvalue weighted by molar-refractivity contribution is 0.304. The first-order valence-corrected chi connectivity index (χ1v) is 7.79. The number of anilines is 2. The zero-order valence-corrected chi connectivity index (χ0v) is 13.4. The van der Waals surface area contributed by atoms with Gasteiger partial charge >= 0.3 is 0 Å². The van der Waals surface area contributed by atoms with Crippen LogP contribution in [0, 0.1) is 5.82 Å². The van der Waals surface area contributed by atoms with E-state index in [1.807, 2.05) is 37.3 Å². The molecule has 0 radical (unpaired) electrons. The number of benzene rings is 1. The van der Waals surface area contributed by atoms with E-state index in [0.717, 1.165) is 11.4 Å². The summed E-state index contributed by atoms with van der Waals surface area (Å²) in [7, 11) is 0. The molecule has 124 valence electrons. The van der Waals surface area contributed by atoms with Crippen molar-refractivity contribution < 1.29 is 10.6 Å². The van der Waals surface area contributed by atoms with Crippen LogP contribution in [0.1, 0.15) is 19.5 Å². The molecule has 0 saturated carbocycles. The molecule has 0 spiro atoms. The minimum atomic E-state index is -0.234. The third-order valence-corrected chi connectivity index (χ3v) is 3.56. The number of nitrogens with one attached hydrogen (secondary N) is 1. The largest absolute Gasteiger partial charge is 0.489 e. The number of pyridine rings is 2. The molecule has 0 unspecified atom stereocenters. The van der Waals surface area contributed by atoms with Crippen molar-refractivity contribution in [2.75, 3.05) is 5.32 Å². The van der Waals surface area contributed by atoms with E-state index < -0.39 is 0 Å². The fraction of sp³-hybridized carbons (Fsp3) is 0.158. The maximum absolute atomic E-state index is 13.8. The molecule has 1 N–H and O–H groups in total. The lowest BCUT2D eigenvalue weighted by Crippen LogP contribution is -2.00. The fourth-order valence-electron chi connectivity index (χ4n) is 2.27. The Morgan fingerprint density at radius 3 is 2.67 bits per heavy atom. The summed E-state index contributed by atoms with van der Waals surface area (Å²) in [5, 5.41) is 3.13. The fourth-order valence-corrected chi connectivity index (χ4v) is 2.27. The highest BCUT2D eigenvalue weighted by Gasteiger charge is 2.04.